The topological polar surface area (TPSA) is 166 Å². The SMILES string of the molecule is COc1ccc(CNc2ccc(S(=O)(=O)NC(=O)c3ccccc3Oc3cnc4[nH]ccc4c3)cc2[N+](=O)[O-])cc1. The highest BCUT2D eigenvalue weighted by molar-refractivity contribution is 7.90. The standard InChI is InChI=1S/C28H23N5O7S/c1-39-20-8-6-18(7-9-20)16-30-24-11-10-22(15-25(24)33(35)36)41(37,38)32-28(34)23-4-2-3-5-26(23)40-21-14-19-12-13-29-27(19)31-17-21/h2-15,17,30H,16H2,1H3,(H,29,31)(H,32,34). The van der Waals surface area contributed by atoms with Crippen molar-refractivity contribution in [3.8, 4) is 17.2 Å². The number of nitro benzene ring substituents is 1. The van der Waals surface area contributed by atoms with Gasteiger partial charge in [0.1, 0.15) is 28.6 Å². The molecule has 12 nitrogen and oxygen atoms in total. The Morgan fingerprint density at radius 3 is 2.56 bits per heavy atom. The highest BCUT2D eigenvalue weighted by Gasteiger charge is 2.25. The number of nitrogens with zero attached hydrogens (tertiary/aromatic N) is 2. The maximum Gasteiger partial charge on any atom is 0.293 e. The number of ether oxygens (including phenoxy) is 2. The Hall–Kier alpha value is -5.43. The number of amides is 1. The van der Waals surface area contributed by atoms with Crippen LogP contribution in [0.15, 0.2) is 96.2 Å². The summed E-state index contributed by atoms with van der Waals surface area (Å²) in [5.41, 5.74) is 1.07. The van der Waals surface area contributed by atoms with Crippen LogP contribution in [0, 0.1) is 10.1 Å². The number of nitrogens with one attached hydrogen (secondary N) is 3. The van der Waals surface area contributed by atoms with Gasteiger partial charge in [-0.25, -0.2) is 18.1 Å². The first-order valence-corrected chi connectivity index (χ1v) is 13.6. The summed E-state index contributed by atoms with van der Waals surface area (Å²) in [6, 6.07) is 20.1. The largest absolute Gasteiger partial charge is 0.497 e. The minimum atomic E-state index is -4.48. The van der Waals surface area contributed by atoms with Crippen LogP contribution in [0.5, 0.6) is 17.2 Å². The fraction of sp³-hybridized carbons (Fsp3) is 0.0714. The maximum absolute atomic E-state index is 13.1. The molecule has 3 aromatic carbocycles. The van der Waals surface area contributed by atoms with E-state index in [-0.39, 0.29) is 23.5 Å². The van der Waals surface area contributed by atoms with Crippen molar-refractivity contribution in [1.29, 1.82) is 0 Å². The molecule has 0 fully saturated rings. The zero-order valence-corrected chi connectivity index (χ0v) is 22.3. The van der Waals surface area contributed by atoms with Gasteiger partial charge in [-0.1, -0.05) is 24.3 Å². The summed E-state index contributed by atoms with van der Waals surface area (Å²) in [6.45, 7) is 0.247. The lowest BCUT2D eigenvalue weighted by Crippen LogP contribution is -2.30. The Kier molecular flexibility index (Phi) is 7.52. The smallest absolute Gasteiger partial charge is 0.293 e. The van der Waals surface area contributed by atoms with Crippen LogP contribution in [0.25, 0.3) is 11.0 Å². The van der Waals surface area contributed by atoms with E-state index in [2.05, 4.69) is 15.3 Å². The summed E-state index contributed by atoms with van der Waals surface area (Å²) in [4.78, 5) is 30.9. The van der Waals surface area contributed by atoms with E-state index in [9.17, 15) is 23.3 Å². The van der Waals surface area contributed by atoms with E-state index in [1.54, 1.807) is 61.8 Å². The first kappa shape index (κ1) is 27.1. The molecule has 2 aromatic heterocycles. The van der Waals surface area contributed by atoms with Gasteiger partial charge < -0.3 is 19.8 Å². The predicted molar refractivity (Wildman–Crippen MR) is 151 cm³/mol. The van der Waals surface area contributed by atoms with Crippen molar-refractivity contribution in [3.05, 3.63) is 112 Å². The first-order chi connectivity index (χ1) is 19.7. The van der Waals surface area contributed by atoms with Crippen LogP contribution in [0.4, 0.5) is 11.4 Å². The average Bonchev–Trinajstić information content (AvgIpc) is 3.44. The minimum Gasteiger partial charge on any atom is -0.497 e. The molecule has 3 N–H and O–H groups in total. The number of sulfonamides is 1. The third-order valence-corrected chi connectivity index (χ3v) is 7.41. The molecule has 0 spiro atoms. The number of fused-ring (bicyclic) bond motifs is 1. The number of pyridine rings is 1. The molecule has 0 aliphatic carbocycles. The van der Waals surface area contributed by atoms with Gasteiger partial charge in [-0.15, -0.1) is 0 Å². The van der Waals surface area contributed by atoms with E-state index < -0.39 is 31.4 Å². The van der Waals surface area contributed by atoms with Crippen molar-refractivity contribution in [2.45, 2.75) is 11.4 Å². The molecule has 0 bridgehead atoms. The predicted octanol–water partition coefficient (Wildman–Crippen LogP) is 5.00. The third-order valence-electron chi connectivity index (χ3n) is 6.08. The van der Waals surface area contributed by atoms with Gasteiger partial charge >= 0.3 is 0 Å². The Morgan fingerprint density at radius 2 is 1.80 bits per heavy atom. The molecule has 5 aromatic rings. The fourth-order valence-electron chi connectivity index (χ4n) is 4.00. The molecule has 1 amide bonds. The molecule has 0 aliphatic heterocycles. The maximum atomic E-state index is 13.1. The number of aromatic amines is 1. The molecule has 0 saturated heterocycles. The second-order valence-electron chi connectivity index (χ2n) is 8.76. The molecule has 0 atom stereocenters. The molecular weight excluding hydrogens is 550 g/mol. The highest BCUT2D eigenvalue weighted by Crippen LogP contribution is 2.30. The number of hydrogen-bond acceptors (Lipinski definition) is 9. The van der Waals surface area contributed by atoms with Gasteiger partial charge in [0.15, 0.2) is 0 Å². The van der Waals surface area contributed by atoms with Crippen molar-refractivity contribution in [3.63, 3.8) is 0 Å². The van der Waals surface area contributed by atoms with Crippen molar-refractivity contribution >= 4 is 38.3 Å². The number of rotatable bonds is 10. The van der Waals surface area contributed by atoms with E-state index >= 15 is 0 Å². The molecule has 2 heterocycles. The number of methoxy groups -OCH3 is 1. The van der Waals surface area contributed by atoms with Crippen LogP contribution in [0.2, 0.25) is 0 Å². The lowest BCUT2D eigenvalue weighted by molar-refractivity contribution is -0.384. The van der Waals surface area contributed by atoms with Crippen LogP contribution in [-0.4, -0.2) is 36.3 Å². The summed E-state index contributed by atoms with van der Waals surface area (Å²) >= 11 is 0. The van der Waals surface area contributed by atoms with E-state index in [1.807, 2.05) is 4.72 Å². The molecule has 0 unspecified atom stereocenters. The normalized spacial score (nSPS) is 11.1. The van der Waals surface area contributed by atoms with Crippen LogP contribution >= 0.6 is 0 Å². The summed E-state index contributed by atoms with van der Waals surface area (Å²) in [7, 11) is -2.94. The Balaban J connectivity index is 1.34. The summed E-state index contributed by atoms with van der Waals surface area (Å²) in [5, 5.41) is 15.5. The van der Waals surface area contributed by atoms with Crippen LogP contribution in [0.1, 0.15) is 15.9 Å². The summed E-state index contributed by atoms with van der Waals surface area (Å²) in [5.74, 6) is 0.135. The van der Waals surface area contributed by atoms with Crippen LogP contribution in [-0.2, 0) is 16.6 Å². The van der Waals surface area contributed by atoms with E-state index in [0.717, 1.165) is 17.0 Å². The van der Waals surface area contributed by atoms with Gasteiger partial charge in [0.25, 0.3) is 21.6 Å². The average molecular weight is 574 g/mol. The third kappa shape index (κ3) is 6.09. The van der Waals surface area contributed by atoms with E-state index in [0.29, 0.717) is 17.1 Å². The molecule has 0 saturated carbocycles. The Morgan fingerprint density at radius 1 is 1.02 bits per heavy atom. The minimum absolute atomic E-state index is 0.0579. The number of nitro groups is 1. The summed E-state index contributed by atoms with van der Waals surface area (Å²) in [6.07, 6.45) is 3.19. The van der Waals surface area contributed by atoms with Gasteiger partial charge in [-0.3, -0.25) is 14.9 Å². The van der Waals surface area contributed by atoms with Gasteiger partial charge in [-0.2, -0.15) is 0 Å². The number of hydrogen-bond donors (Lipinski definition) is 3. The second-order valence-corrected chi connectivity index (χ2v) is 10.4. The molecule has 5 rings (SSSR count). The van der Waals surface area contributed by atoms with Gasteiger partial charge in [0.05, 0.1) is 28.7 Å². The first-order valence-electron chi connectivity index (χ1n) is 12.2. The van der Waals surface area contributed by atoms with Gasteiger partial charge in [0, 0.05) is 24.2 Å². The monoisotopic (exact) mass is 573 g/mol. The fourth-order valence-corrected chi connectivity index (χ4v) is 4.99. The van der Waals surface area contributed by atoms with Crippen LogP contribution in [0.3, 0.4) is 0 Å². The number of H-pyrrole nitrogens is 1. The Labute approximate surface area is 234 Å². The molecule has 0 radical (unpaired) electrons. The number of anilines is 1. The van der Waals surface area contributed by atoms with E-state index in [1.165, 1.54) is 30.5 Å². The highest BCUT2D eigenvalue weighted by atomic mass is 32.2. The van der Waals surface area contributed by atoms with Crippen molar-refractivity contribution in [2.24, 2.45) is 0 Å². The number of aromatic nitrogens is 2. The van der Waals surface area contributed by atoms with Crippen LogP contribution < -0.4 is 19.5 Å². The van der Waals surface area contributed by atoms with Gasteiger partial charge in [0.2, 0.25) is 0 Å². The quantitative estimate of drug-likeness (QED) is 0.154. The number of para-hydroxylation sites is 1. The van der Waals surface area contributed by atoms with Crippen molar-refractivity contribution < 1.29 is 27.6 Å². The second kappa shape index (κ2) is 11.4. The number of carbonyl (C=O) groups excluding carboxylic acids is 1. The zero-order valence-electron chi connectivity index (χ0n) is 21.5. The van der Waals surface area contributed by atoms with Crippen molar-refractivity contribution in [2.75, 3.05) is 12.4 Å². The Bertz CT molecular complexity index is 1850. The summed E-state index contributed by atoms with van der Waals surface area (Å²) < 4.78 is 39.1. The van der Waals surface area contributed by atoms with Crippen molar-refractivity contribution in [1.82, 2.24) is 14.7 Å². The van der Waals surface area contributed by atoms with Gasteiger partial charge in [-0.05, 0) is 54.1 Å². The number of benzene rings is 3. The molecule has 13 heteroatoms. The molecular formula is C28H23N5O7S. The van der Waals surface area contributed by atoms with E-state index in [4.69, 9.17) is 9.47 Å². The lowest BCUT2D eigenvalue weighted by atomic mass is 10.2. The number of carbonyl (C=O) groups is 1. The molecule has 208 valence electrons. The lowest BCUT2D eigenvalue weighted by Gasteiger charge is -2.13. The zero-order chi connectivity index (χ0) is 29.0. The molecule has 0 aliphatic rings. The molecule has 41 heavy (non-hydrogen) atoms.